The molecule has 2 aliphatic heterocycles. The lowest BCUT2D eigenvalue weighted by Crippen LogP contribution is -2.34. The summed E-state index contributed by atoms with van der Waals surface area (Å²) in [5.74, 6) is -0.428. The maximum atomic E-state index is 13.8. The maximum Gasteiger partial charge on any atom is 0.435 e. The van der Waals surface area contributed by atoms with Gasteiger partial charge in [0.1, 0.15) is 5.82 Å². The number of aromatic nitrogens is 4. The summed E-state index contributed by atoms with van der Waals surface area (Å²) >= 11 is 0. The highest BCUT2D eigenvalue weighted by atomic mass is 19.4. The van der Waals surface area contributed by atoms with E-state index in [4.69, 9.17) is 5.73 Å². The number of benzene rings is 1. The van der Waals surface area contributed by atoms with Crippen LogP contribution in [0.1, 0.15) is 51.8 Å². The van der Waals surface area contributed by atoms with Crippen LogP contribution >= 0.6 is 0 Å². The van der Waals surface area contributed by atoms with Gasteiger partial charge in [0.05, 0.1) is 17.0 Å². The molecule has 3 aromatic rings. The number of carbonyl (C=O) groups is 2. The minimum absolute atomic E-state index is 0.0967. The second-order valence-corrected chi connectivity index (χ2v) is 10.9. The Kier molecular flexibility index (Phi) is 7.82. The Morgan fingerprint density at radius 3 is 2.34 bits per heavy atom. The molecule has 0 spiro atoms. The summed E-state index contributed by atoms with van der Waals surface area (Å²) < 4.78 is 53.7. The molecule has 2 fully saturated rings. The van der Waals surface area contributed by atoms with Crippen molar-refractivity contribution in [2.75, 3.05) is 32.7 Å². The summed E-state index contributed by atoms with van der Waals surface area (Å²) in [5, 5.41) is 11.3. The number of likely N-dealkylation sites (tertiary alicyclic amines) is 2. The van der Waals surface area contributed by atoms with E-state index >= 15 is 0 Å². The molecule has 4 heterocycles. The zero-order valence-electron chi connectivity index (χ0n) is 22.7. The maximum absolute atomic E-state index is 13.8. The average molecular weight is 574 g/mol. The van der Waals surface area contributed by atoms with E-state index in [0.29, 0.717) is 48.3 Å². The molecule has 2 aliphatic rings. The van der Waals surface area contributed by atoms with Crippen LogP contribution in [0.4, 0.5) is 17.6 Å². The van der Waals surface area contributed by atoms with Gasteiger partial charge in [0.2, 0.25) is 5.91 Å². The lowest BCUT2D eigenvalue weighted by Gasteiger charge is -2.24. The first-order chi connectivity index (χ1) is 19.4. The van der Waals surface area contributed by atoms with Crippen molar-refractivity contribution < 1.29 is 27.2 Å². The Hall–Kier alpha value is -3.87. The van der Waals surface area contributed by atoms with Gasteiger partial charge in [-0.25, -0.2) is 9.07 Å². The van der Waals surface area contributed by atoms with Gasteiger partial charge < -0.3 is 15.5 Å². The fraction of sp³-hybridized carbons (Fsp3) is 0.464. The van der Waals surface area contributed by atoms with Gasteiger partial charge in [-0.1, -0.05) is 12.1 Å². The number of hydrogen-bond acceptors (Lipinski definition) is 6. The van der Waals surface area contributed by atoms with E-state index in [2.05, 4.69) is 20.2 Å². The zero-order valence-corrected chi connectivity index (χ0v) is 22.7. The molecule has 2 N–H and O–H groups in total. The van der Waals surface area contributed by atoms with E-state index in [0.717, 1.165) is 31.3 Å². The van der Waals surface area contributed by atoms with Crippen molar-refractivity contribution in [1.29, 1.82) is 0 Å². The molecule has 0 aliphatic carbocycles. The fourth-order valence-electron chi connectivity index (χ4n) is 6.09. The number of nitrogens with zero attached hydrogens (tertiary/aromatic N) is 6. The van der Waals surface area contributed by atoms with Crippen LogP contribution in [0.2, 0.25) is 0 Å². The lowest BCUT2D eigenvalue weighted by molar-refractivity contribution is -0.141. The van der Waals surface area contributed by atoms with Gasteiger partial charge in [-0.3, -0.25) is 9.59 Å². The largest absolute Gasteiger partial charge is 0.435 e. The van der Waals surface area contributed by atoms with Crippen LogP contribution in [0.3, 0.4) is 0 Å². The summed E-state index contributed by atoms with van der Waals surface area (Å²) in [6.07, 6.45) is -3.78. The van der Waals surface area contributed by atoms with E-state index in [1.165, 1.54) is 22.9 Å². The highest BCUT2D eigenvalue weighted by Crippen LogP contribution is 2.34. The fourth-order valence-corrected chi connectivity index (χ4v) is 6.09. The smallest absolute Gasteiger partial charge is 0.370 e. The number of aryl methyl sites for hydroxylation is 1. The summed E-state index contributed by atoms with van der Waals surface area (Å²) in [6.45, 7) is 6.88. The summed E-state index contributed by atoms with van der Waals surface area (Å²) in [5.41, 5.74) is 6.47. The number of amides is 2. The first-order valence-corrected chi connectivity index (χ1v) is 13.4. The number of nitrogens with two attached hydrogens (primary N) is 1. The molecular weight excluding hydrogens is 542 g/mol. The Bertz CT molecular complexity index is 1430. The molecule has 2 aromatic heterocycles. The first kappa shape index (κ1) is 28.7. The van der Waals surface area contributed by atoms with Crippen LogP contribution in [0, 0.1) is 31.5 Å². The van der Waals surface area contributed by atoms with E-state index in [1.807, 2.05) is 11.0 Å². The van der Waals surface area contributed by atoms with Gasteiger partial charge in [-0.2, -0.15) is 18.3 Å². The molecule has 3 atom stereocenters. The van der Waals surface area contributed by atoms with Crippen molar-refractivity contribution in [3.8, 4) is 5.82 Å². The van der Waals surface area contributed by atoms with Crippen LogP contribution in [0.25, 0.3) is 5.82 Å². The van der Waals surface area contributed by atoms with E-state index in [9.17, 15) is 27.2 Å². The van der Waals surface area contributed by atoms with Crippen LogP contribution in [-0.2, 0) is 11.0 Å². The molecule has 13 heteroatoms. The number of rotatable bonds is 8. The Morgan fingerprint density at radius 1 is 1.05 bits per heavy atom. The third-order valence-corrected chi connectivity index (χ3v) is 8.07. The van der Waals surface area contributed by atoms with Crippen molar-refractivity contribution in [2.45, 2.75) is 38.8 Å². The van der Waals surface area contributed by atoms with Crippen molar-refractivity contribution in [2.24, 2.45) is 17.6 Å². The highest BCUT2D eigenvalue weighted by molar-refractivity contribution is 5.96. The van der Waals surface area contributed by atoms with Gasteiger partial charge in [-0.05, 0) is 74.4 Å². The molecule has 41 heavy (non-hydrogen) atoms. The summed E-state index contributed by atoms with van der Waals surface area (Å²) in [7, 11) is 0. The van der Waals surface area contributed by atoms with E-state index in [-0.39, 0.29) is 29.9 Å². The molecule has 0 saturated carbocycles. The van der Waals surface area contributed by atoms with Crippen LogP contribution in [0.5, 0.6) is 0 Å². The number of primary amides is 1. The van der Waals surface area contributed by atoms with Crippen molar-refractivity contribution >= 4 is 11.8 Å². The van der Waals surface area contributed by atoms with Gasteiger partial charge in [0.25, 0.3) is 5.91 Å². The van der Waals surface area contributed by atoms with Gasteiger partial charge in [0.15, 0.2) is 11.5 Å². The van der Waals surface area contributed by atoms with Gasteiger partial charge >= 0.3 is 6.18 Å². The van der Waals surface area contributed by atoms with Crippen molar-refractivity contribution in [3.63, 3.8) is 0 Å². The molecule has 1 aromatic carbocycles. The van der Waals surface area contributed by atoms with Gasteiger partial charge in [0, 0.05) is 32.6 Å². The number of alkyl halides is 3. The molecule has 2 saturated heterocycles. The SMILES string of the molecule is Cc1nn(-c2ccc(C(F)(F)F)nn2)c(C)c1C(=O)N1CC2CN(CC[C@@H](CC(N)=O)c3cccc(F)c3)CC2C1. The molecule has 218 valence electrons. The molecule has 2 unspecified atom stereocenters. The summed E-state index contributed by atoms with van der Waals surface area (Å²) in [4.78, 5) is 29.3. The quantitative estimate of drug-likeness (QED) is 0.413. The highest BCUT2D eigenvalue weighted by Gasteiger charge is 2.42. The molecular formula is C28H31F4N7O2. The number of hydrogen-bond donors (Lipinski definition) is 1. The Labute approximate surface area is 234 Å². The summed E-state index contributed by atoms with van der Waals surface area (Å²) in [6, 6.07) is 8.29. The Morgan fingerprint density at radius 2 is 1.76 bits per heavy atom. The minimum Gasteiger partial charge on any atom is -0.370 e. The zero-order chi connectivity index (χ0) is 29.5. The van der Waals surface area contributed by atoms with Crippen LogP contribution in [-0.4, -0.2) is 74.3 Å². The topological polar surface area (TPSA) is 110 Å². The lowest BCUT2D eigenvalue weighted by atomic mass is 9.92. The van der Waals surface area contributed by atoms with Crippen molar-refractivity contribution in [1.82, 2.24) is 29.8 Å². The predicted octanol–water partition coefficient (Wildman–Crippen LogP) is 3.49. The van der Waals surface area contributed by atoms with Crippen LogP contribution < -0.4 is 5.73 Å². The standard InChI is InChI=1S/C28H31F4N7O2/c1-16-26(17(2)39(36-16)25-7-6-23(34-35-25)28(30,31)32)27(41)38-14-20-12-37(13-21(20)15-38)9-8-19(11-24(33)40)18-4-3-5-22(29)10-18/h3-7,10,19-21H,8-9,11-15H2,1-2H3,(H2,33,40)/t19-,20?,21?/m0/s1. The third kappa shape index (κ3) is 6.09. The second kappa shape index (κ2) is 11.2. The first-order valence-electron chi connectivity index (χ1n) is 13.4. The van der Waals surface area contributed by atoms with Crippen molar-refractivity contribution in [3.05, 3.63) is 70.4 Å². The number of halogens is 4. The second-order valence-electron chi connectivity index (χ2n) is 10.9. The molecule has 2 amide bonds. The van der Waals surface area contributed by atoms with Gasteiger partial charge in [-0.15, -0.1) is 10.2 Å². The Balaban J connectivity index is 1.21. The number of carbonyl (C=O) groups excluding carboxylic acids is 2. The molecule has 9 nitrogen and oxygen atoms in total. The van der Waals surface area contributed by atoms with Crippen LogP contribution in [0.15, 0.2) is 36.4 Å². The third-order valence-electron chi connectivity index (χ3n) is 8.07. The van der Waals surface area contributed by atoms with E-state index < -0.39 is 17.8 Å². The number of fused-ring (bicyclic) bond motifs is 1. The van der Waals surface area contributed by atoms with E-state index in [1.54, 1.807) is 19.9 Å². The molecule has 5 rings (SSSR count). The normalized spacial score (nSPS) is 19.9. The average Bonchev–Trinajstić information content (AvgIpc) is 3.57. The molecule has 0 bridgehead atoms. The minimum atomic E-state index is -4.60. The predicted molar refractivity (Wildman–Crippen MR) is 141 cm³/mol. The monoisotopic (exact) mass is 573 g/mol. The molecule has 0 radical (unpaired) electrons.